The minimum atomic E-state index is -0.717. The molecule has 0 spiro atoms. The molecule has 0 saturated heterocycles. The SMILES string of the molecule is CCCCCCCNC(=O)N(C)c1cccc(-c2ccc(C[C@H](Nc3ccccc3C(=O)c3ccccc3)C(=O)OC)cc2)n1. The van der Waals surface area contributed by atoms with Crippen LogP contribution in [0.3, 0.4) is 0 Å². The number of nitrogens with one attached hydrogen (secondary N) is 2. The second-order valence-electron chi connectivity index (χ2n) is 10.9. The largest absolute Gasteiger partial charge is 0.467 e. The molecule has 0 radical (unpaired) electrons. The highest BCUT2D eigenvalue weighted by Crippen LogP contribution is 2.24. The fourth-order valence-electron chi connectivity index (χ4n) is 5.04. The average Bonchev–Trinajstić information content (AvgIpc) is 3.09. The third-order valence-corrected chi connectivity index (χ3v) is 7.65. The number of urea groups is 1. The number of hydrogen-bond donors (Lipinski definition) is 2. The molecule has 0 unspecified atom stereocenters. The van der Waals surface area contributed by atoms with Crippen molar-refractivity contribution in [3.63, 3.8) is 0 Å². The fourth-order valence-corrected chi connectivity index (χ4v) is 5.04. The molecule has 0 bridgehead atoms. The minimum Gasteiger partial charge on any atom is -0.467 e. The van der Waals surface area contributed by atoms with E-state index in [0.29, 0.717) is 35.6 Å². The predicted octanol–water partition coefficient (Wildman–Crippen LogP) is 7.29. The number of aromatic nitrogens is 1. The molecule has 1 aromatic heterocycles. The van der Waals surface area contributed by atoms with Gasteiger partial charge in [0.05, 0.1) is 12.8 Å². The fraction of sp³-hybridized carbons (Fsp3) is 0.297. The number of hydrogen-bond acceptors (Lipinski definition) is 6. The van der Waals surface area contributed by atoms with Crippen LogP contribution in [-0.4, -0.2) is 49.5 Å². The van der Waals surface area contributed by atoms with Crippen molar-refractivity contribution in [1.82, 2.24) is 10.3 Å². The van der Waals surface area contributed by atoms with Crippen LogP contribution in [0.2, 0.25) is 0 Å². The Morgan fingerprint density at radius 1 is 0.822 bits per heavy atom. The summed E-state index contributed by atoms with van der Waals surface area (Å²) < 4.78 is 5.10. The molecule has 2 N–H and O–H groups in total. The number of amides is 2. The summed E-state index contributed by atoms with van der Waals surface area (Å²) >= 11 is 0. The van der Waals surface area contributed by atoms with E-state index in [1.807, 2.05) is 66.7 Å². The Hall–Kier alpha value is -4.98. The molecular weight excluding hydrogens is 564 g/mol. The Balaban J connectivity index is 1.43. The number of unbranched alkanes of at least 4 members (excludes halogenated alkanes) is 4. The maximum Gasteiger partial charge on any atom is 0.328 e. The van der Waals surface area contributed by atoms with Gasteiger partial charge in [-0.15, -0.1) is 0 Å². The molecule has 1 atom stereocenters. The monoisotopic (exact) mass is 606 g/mol. The smallest absolute Gasteiger partial charge is 0.328 e. The predicted molar refractivity (Wildman–Crippen MR) is 180 cm³/mol. The van der Waals surface area contributed by atoms with Gasteiger partial charge in [0.15, 0.2) is 5.78 Å². The number of nitrogens with zero attached hydrogens (tertiary/aromatic N) is 2. The lowest BCUT2D eigenvalue weighted by Crippen LogP contribution is -2.38. The number of methoxy groups -OCH3 is 1. The van der Waals surface area contributed by atoms with E-state index < -0.39 is 12.0 Å². The summed E-state index contributed by atoms with van der Waals surface area (Å²) in [6, 6.07) is 28.7. The number of benzene rings is 3. The van der Waals surface area contributed by atoms with Crippen LogP contribution in [0.15, 0.2) is 97.1 Å². The zero-order valence-corrected chi connectivity index (χ0v) is 26.3. The molecular formula is C37H42N4O4. The summed E-state index contributed by atoms with van der Waals surface area (Å²) in [5, 5.41) is 6.23. The van der Waals surface area contributed by atoms with E-state index >= 15 is 0 Å². The summed E-state index contributed by atoms with van der Waals surface area (Å²) in [6.07, 6.45) is 6.02. The van der Waals surface area contributed by atoms with Gasteiger partial charge in [0, 0.05) is 42.4 Å². The van der Waals surface area contributed by atoms with E-state index in [4.69, 9.17) is 9.72 Å². The Kier molecular flexibility index (Phi) is 12.3. The molecule has 0 saturated carbocycles. The lowest BCUT2D eigenvalue weighted by molar-refractivity contribution is -0.141. The molecule has 2 amide bonds. The van der Waals surface area contributed by atoms with Gasteiger partial charge in [0.1, 0.15) is 11.9 Å². The number of para-hydroxylation sites is 1. The first-order valence-corrected chi connectivity index (χ1v) is 15.5. The van der Waals surface area contributed by atoms with Gasteiger partial charge in [0.25, 0.3) is 0 Å². The lowest BCUT2D eigenvalue weighted by Gasteiger charge is -2.20. The molecule has 4 rings (SSSR count). The van der Waals surface area contributed by atoms with E-state index in [1.54, 1.807) is 37.4 Å². The number of ether oxygens (including phenoxy) is 1. The van der Waals surface area contributed by atoms with Gasteiger partial charge in [-0.3, -0.25) is 9.69 Å². The molecule has 8 nitrogen and oxygen atoms in total. The second kappa shape index (κ2) is 16.8. The van der Waals surface area contributed by atoms with Crippen molar-refractivity contribution in [3.8, 4) is 11.3 Å². The van der Waals surface area contributed by atoms with Crippen molar-refractivity contribution in [3.05, 3.63) is 114 Å². The van der Waals surface area contributed by atoms with Crippen LogP contribution in [0.5, 0.6) is 0 Å². The van der Waals surface area contributed by atoms with Crippen LogP contribution < -0.4 is 15.5 Å². The van der Waals surface area contributed by atoms with E-state index in [-0.39, 0.29) is 11.8 Å². The maximum atomic E-state index is 13.2. The van der Waals surface area contributed by atoms with E-state index in [1.165, 1.54) is 31.3 Å². The molecule has 234 valence electrons. The summed E-state index contributed by atoms with van der Waals surface area (Å²) in [4.78, 5) is 45.0. The molecule has 8 heteroatoms. The van der Waals surface area contributed by atoms with Crippen molar-refractivity contribution in [1.29, 1.82) is 0 Å². The first kappa shape index (κ1) is 32.9. The van der Waals surface area contributed by atoms with E-state index in [0.717, 1.165) is 29.7 Å². The molecule has 0 aliphatic carbocycles. The summed E-state index contributed by atoms with van der Waals surface area (Å²) in [5.74, 6) is -0.0108. The summed E-state index contributed by atoms with van der Waals surface area (Å²) in [7, 11) is 3.07. The van der Waals surface area contributed by atoms with E-state index in [2.05, 4.69) is 17.6 Å². The molecule has 4 aromatic rings. The van der Waals surface area contributed by atoms with Gasteiger partial charge in [-0.25, -0.2) is 14.6 Å². The van der Waals surface area contributed by atoms with Crippen molar-refractivity contribution in [2.45, 2.75) is 51.5 Å². The van der Waals surface area contributed by atoms with Gasteiger partial charge in [-0.05, 0) is 36.2 Å². The maximum absolute atomic E-state index is 13.2. The Bertz CT molecular complexity index is 1560. The number of carbonyl (C=O) groups is 3. The van der Waals surface area contributed by atoms with Gasteiger partial charge < -0.3 is 15.4 Å². The highest BCUT2D eigenvalue weighted by atomic mass is 16.5. The van der Waals surface area contributed by atoms with Gasteiger partial charge in [-0.2, -0.15) is 0 Å². The van der Waals surface area contributed by atoms with Crippen LogP contribution >= 0.6 is 0 Å². The van der Waals surface area contributed by atoms with Crippen LogP contribution in [0.1, 0.15) is 60.5 Å². The van der Waals surface area contributed by atoms with Crippen LogP contribution in [-0.2, 0) is 16.0 Å². The van der Waals surface area contributed by atoms with E-state index in [9.17, 15) is 14.4 Å². The zero-order valence-electron chi connectivity index (χ0n) is 26.3. The number of esters is 1. The number of rotatable bonds is 15. The highest BCUT2D eigenvalue weighted by Gasteiger charge is 2.23. The third kappa shape index (κ3) is 9.25. The molecule has 1 heterocycles. The molecule has 0 aliphatic heterocycles. The van der Waals surface area contributed by atoms with Crippen molar-refractivity contribution in [2.24, 2.45) is 0 Å². The molecule has 0 aliphatic rings. The van der Waals surface area contributed by atoms with Gasteiger partial charge in [0.2, 0.25) is 0 Å². The van der Waals surface area contributed by atoms with Crippen molar-refractivity contribution < 1.29 is 19.1 Å². The summed E-state index contributed by atoms with van der Waals surface area (Å²) in [5.41, 5.74) is 4.12. The topological polar surface area (TPSA) is 101 Å². The standard InChI is InChI=1S/C37H42N4O4/c1-4-5-6-7-13-25-38-37(44)41(2)34-20-14-19-31(40-34)28-23-21-27(22-24-28)26-33(36(43)45-3)39-32-18-12-11-17-30(32)35(42)29-15-9-8-10-16-29/h8-12,14-24,33,39H,4-7,13,25-26H2,1-3H3,(H,38,44)/t33-/m0/s1. The molecule has 45 heavy (non-hydrogen) atoms. The Morgan fingerprint density at radius 3 is 2.27 bits per heavy atom. The first-order valence-electron chi connectivity index (χ1n) is 15.5. The minimum absolute atomic E-state index is 0.132. The number of ketones is 1. The third-order valence-electron chi connectivity index (χ3n) is 7.65. The Morgan fingerprint density at radius 2 is 1.53 bits per heavy atom. The van der Waals surface area contributed by atoms with Crippen LogP contribution in [0.4, 0.5) is 16.3 Å². The number of pyridine rings is 1. The summed E-state index contributed by atoms with van der Waals surface area (Å²) in [6.45, 7) is 2.83. The molecule has 0 fully saturated rings. The van der Waals surface area contributed by atoms with Crippen molar-refractivity contribution in [2.75, 3.05) is 30.9 Å². The highest BCUT2D eigenvalue weighted by molar-refractivity contribution is 6.12. The van der Waals surface area contributed by atoms with Gasteiger partial charge in [-0.1, -0.05) is 105 Å². The average molecular weight is 607 g/mol. The zero-order chi connectivity index (χ0) is 32.0. The number of carbonyl (C=O) groups excluding carboxylic acids is 3. The van der Waals surface area contributed by atoms with Gasteiger partial charge >= 0.3 is 12.0 Å². The molecule has 3 aromatic carbocycles. The normalized spacial score (nSPS) is 11.4. The lowest BCUT2D eigenvalue weighted by atomic mass is 9.99. The van der Waals surface area contributed by atoms with Crippen molar-refractivity contribution >= 4 is 29.3 Å². The van der Waals surface area contributed by atoms with Crippen LogP contribution in [0, 0.1) is 0 Å². The second-order valence-corrected chi connectivity index (χ2v) is 10.9. The first-order chi connectivity index (χ1) is 21.9. The number of anilines is 2. The quantitative estimate of drug-likeness (QED) is 0.0837. The Labute approximate surface area is 265 Å². The van der Waals surface area contributed by atoms with Crippen LogP contribution in [0.25, 0.3) is 11.3 Å².